The summed E-state index contributed by atoms with van der Waals surface area (Å²) in [5, 5.41) is 0. The second-order valence-corrected chi connectivity index (χ2v) is 11.1. The van der Waals surface area contributed by atoms with Crippen LogP contribution in [0.15, 0.2) is 30.3 Å². The number of ether oxygens (including phenoxy) is 3. The maximum atomic E-state index is 14.7. The summed E-state index contributed by atoms with van der Waals surface area (Å²) < 4.78 is 122. The van der Waals surface area contributed by atoms with E-state index in [1.165, 1.54) is 38.5 Å². The highest BCUT2D eigenvalue weighted by molar-refractivity contribution is 5.66. The van der Waals surface area contributed by atoms with Crippen molar-refractivity contribution < 1.29 is 49.3 Å². The highest BCUT2D eigenvalue weighted by atomic mass is 19.4. The minimum absolute atomic E-state index is 0.314. The molecule has 0 heterocycles. The van der Waals surface area contributed by atoms with E-state index in [2.05, 4.69) is 16.4 Å². The van der Waals surface area contributed by atoms with Crippen LogP contribution in [0.1, 0.15) is 71.1 Å². The maximum Gasteiger partial charge on any atom is 0.573 e. The van der Waals surface area contributed by atoms with Gasteiger partial charge < -0.3 is 14.2 Å². The molecule has 0 amide bonds. The van der Waals surface area contributed by atoms with Crippen LogP contribution in [0.3, 0.4) is 0 Å². The molecule has 0 spiro atoms. The minimum Gasteiger partial charge on any atom is -0.431 e. The van der Waals surface area contributed by atoms with Crippen LogP contribution < -0.4 is 9.47 Å². The smallest absolute Gasteiger partial charge is 0.431 e. The summed E-state index contributed by atoms with van der Waals surface area (Å²) in [6.45, 7) is 1.19. The highest BCUT2D eigenvalue weighted by Crippen LogP contribution is 2.42. The fourth-order valence-corrected chi connectivity index (χ4v) is 6.22. The van der Waals surface area contributed by atoms with E-state index >= 15 is 0 Å². The van der Waals surface area contributed by atoms with Gasteiger partial charge in [-0.3, -0.25) is 0 Å². The maximum absolute atomic E-state index is 14.7. The number of hydrogen-bond acceptors (Lipinski definition) is 3. The molecule has 11 heteroatoms. The van der Waals surface area contributed by atoms with E-state index in [4.69, 9.17) is 4.74 Å². The minimum atomic E-state index is -5.34. The first kappa shape index (κ1) is 31.4. The van der Waals surface area contributed by atoms with Gasteiger partial charge in [-0.1, -0.05) is 32.6 Å². The molecule has 0 unspecified atom stereocenters. The van der Waals surface area contributed by atoms with Gasteiger partial charge in [-0.15, -0.1) is 13.2 Å². The molecule has 0 bridgehead atoms. The van der Waals surface area contributed by atoms with E-state index in [0.717, 1.165) is 30.9 Å². The average molecular weight is 595 g/mol. The van der Waals surface area contributed by atoms with Crippen molar-refractivity contribution in [2.75, 3.05) is 6.61 Å². The van der Waals surface area contributed by atoms with Gasteiger partial charge in [-0.2, -0.15) is 8.78 Å². The van der Waals surface area contributed by atoms with Gasteiger partial charge in [-0.05, 0) is 86.1 Å². The molecule has 2 aromatic rings. The third-order valence-corrected chi connectivity index (χ3v) is 8.20. The lowest BCUT2D eigenvalue weighted by Crippen LogP contribution is -2.35. The Bertz CT molecular complexity index is 1130. The summed E-state index contributed by atoms with van der Waals surface area (Å²) in [6, 6.07) is 3.37. The summed E-state index contributed by atoms with van der Waals surface area (Å²) in [5.74, 6) is -4.71. The molecule has 2 saturated carbocycles. The zero-order valence-electron chi connectivity index (χ0n) is 22.7. The topological polar surface area (TPSA) is 27.7 Å². The Balaban J connectivity index is 1.28. The quantitative estimate of drug-likeness (QED) is 0.256. The Morgan fingerprint density at radius 2 is 1.32 bits per heavy atom. The third-order valence-electron chi connectivity index (χ3n) is 8.20. The van der Waals surface area contributed by atoms with Gasteiger partial charge >= 0.3 is 12.5 Å². The summed E-state index contributed by atoms with van der Waals surface area (Å²) >= 11 is 0. The summed E-state index contributed by atoms with van der Waals surface area (Å²) in [5.41, 5.74) is -0.901. The monoisotopic (exact) mass is 594 g/mol. The molecule has 2 aliphatic carbocycles. The lowest BCUT2D eigenvalue weighted by atomic mass is 9.70. The zero-order chi connectivity index (χ0) is 29.8. The molecule has 3 nitrogen and oxygen atoms in total. The van der Waals surface area contributed by atoms with Gasteiger partial charge in [0.1, 0.15) is 11.6 Å². The van der Waals surface area contributed by atoms with Crippen LogP contribution in [-0.4, -0.2) is 25.2 Å². The van der Waals surface area contributed by atoms with E-state index in [9.17, 15) is 35.1 Å². The van der Waals surface area contributed by atoms with E-state index in [1.807, 2.05) is 0 Å². The Kier molecular flexibility index (Phi) is 10.1. The van der Waals surface area contributed by atoms with Crippen molar-refractivity contribution in [1.82, 2.24) is 0 Å². The van der Waals surface area contributed by atoms with Crippen molar-refractivity contribution >= 4 is 0 Å². The van der Waals surface area contributed by atoms with Crippen LogP contribution in [0, 0.1) is 35.2 Å². The molecule has 0 atom stereocenters. The van der Waals surface area contributed by atoms with Crippen LogP contribution in [-0.2, 0) is 4.74 Å². The fraction of sp³-hybridized carbons (Fsp3) is 0.600. The van der Waals surface area contributed by atoms with Crippen molar-refractivity contribution in [3.8, 4) is 22.6 Å². The van der Waals surface area contributed by atoms with Crippen LogP contribution in [0.2, 0.25) is 0 Å². The molecular weight excluding hydrogens is 560 g/mol. The Morgan fingerprint density at radius 1 is 0.732 bits per heavy atom. The Labute approximate surface area is 234 Å². The molecule has 2 aromatic carbocycles. The van der Waals surface area contributed by atoms with Gasteiger partial charge in [0.2, 0.25) is 5.75 Å². The normalized spacial score (nSPS) is 23.8. The van der Waals surface area contributed by atoms with E-state index in [-0.39, 0.29) is 6.10 Å². The average Bonchev–Trinajstić information content (AvgIpc) is 2.90. The molecule has 41 heavy (non-hydrogen) atoms. The number of halogens is 8. The van der Waals surface area contributed by atoms with Crippen molar-refractivity contribution in [2.24, 2.45) is 17.8 Å². The molecule has 0 radical (unpaired) electrons. The second-order valence-electron chi connectivity index (χ2n) is 11.1. The number of rotatable bonds is 10. The first-order chi connectivity index (χ1) is 19.3. The summed E-state index contributed by atoms with van der Waals surface area (Å²) in [6.07, 6.45) is 1.39. The predicted molar refractivity (Wildman–Crippen MR) is 136 cm³/mol. The van der Waals surface area contributed by atoms with Gasteiger partial charge in [-0.25, -0.2) is 13.2 Å². The summed E-state index contributed by atoms with van der Waals surface area (Å²) in [7, 11) is 0. The van der Waals surface area contributed by atoms with Crippen LogP contribution in [0.25, 0.3) is 11.1 Å². The third kappa shape index (κ3) is 8.72. The van der Waals surface area contributed by atoms with Crippen molar-refractivity contribution in [1.29, 1.82) is 0 Å². The lowest BCUT2D eigenvalue weighted by molar-refractivity contribution is -0.276. The van der Waals surface area contributed by atoms with E-state index in [0.29, 0.717) is 42.9 Å². The second kappa shape index (κ2) is 13.2. The molecule has 0 N–H and O–H groups in total. The first-order valence-corrected chi connectivity index (χ1v) is 14.1. The molecule has 2 fully saturated rings. The van der Waals surface area contributed by atoms with E-state index < -0.39 is 59.2 Å². The van der Waals surface area contributed by atoms with Gasteiger partial charge in [0.25, 0.3) is 0 Å². The first-order valence-electron chi connectivity index (χ1n) is 14.1. The van der Waals surface area contributed by atoms with Crippen molar-refractivity contribution in [2.45, 2.75) is 89.7 Å². The number of benzene rings is 2. The van der Waals surface area contributed by atoms with E-state index in [1.54, 1.807) is 0 Å². The fourth-order valence-electron chi connectivity index (χ4n) is 6.22. The molecule has 0 saturated heterocycles. The van der Waals surface area contributed by atoms with Gasteiger partial charge in [0.15, 0.2) is 18.2 Å². The molecule has 2 aliphatic rings. The molecule has 228 valence electrons. The standard InChI is InChI=1S/C30H34F8O3/c1-2-3-18-4-6-19(7-5-18)20-8-10-22(11-9-20)39-17-29(34,35)40-23-12-13-24(25(31)16-23)21-14-26(32)28(27(33)15-21)41-30(36,37)38/h12-16,18-20,22H,2-11,17H2,1H3. The molecule has 0 aliphatic heterocycles. The number of hydrogen-bond donors (Lipinski definition) is 0. The summed E-state index contributed by atoms with van der Waals surface area (Å²) in [4.78, 5) is 0. The lowest BCUT2D eigenvalue weighted by Gasteiger charge is -2.38. The molecular formula is C30H34F8O3. The molecule has 4 rings (SSSR count). The number of alkyl halides is 5. The largest absolute Gasteiger partial charge is 0.573 e. The SMILES string of the molecule is CCCC1CCC(C2CCC(OCC(F)(F)Oc3ccc(-c4cc(F)c(OC(F)(F)F)c(F)c4)c(F)c3)CC2)CC1. The van der Waals surface area contributed by atoms with Gasteiger partial charge in [0, 0.05) is 11.6 Å². The van der Waals surface area contributed by atoms with Gasteiger partial charge in [0.05, 0.1) is 6.10 Å². The Hall–Kier alpha value is -2.56. The zero-order valence-corrected chi connectivity index (χ0v) is 22.7. The van der Waals surface area contributed by atoms with Crippen LogP contribution in [0.5, 0.6) is 11.5 Å². The molecule has 0 aromatic heterocycles. The van der Waals surface area contributed by atoms with Crippen molar-refractivity contribution in [3.05, 3.63) is 47.8 Å². The Morgan fingerprint density at radius 3 is 1.85 bits per heavy atom. The predicted octanol–water partition coefficient (Wildman–Crippen LogP) is 9.82. The van der Waals surface area contributed by atoms with Crippen LogP contribution in [0.4, 0.5) is 35.1 Å². The van der Waals surface area contributed by atoms with Crippen molar-refractivity contribution in [3.63, 3.8) is 0 Å². The van der Waals surface area contributed by atoms with Crippen LogP contribution >= 0.6 is 0 Å². The highest BCUT2D eigenvalue weighted by Gasteiger charge is 2.37.